The number of carbonyl (C=O) groups is 1. The van der Waals surface area contributed by atoms with Crippen molar-refractivity contribution in [3.05, 3.63) is 93.4 Å². The van der Waals surface area contributed by atoms with Crippen LogP contribution in [0.5, 0.6) is 5.75 Å². The Hall–Kier alpha value is -3.43. The SMILES string of the molecule is CCCn1ccc(C(CC(=O)O)c2ccc(C)c(CN3C[C@@H](C)Oc4ccccc4S3(=O)=O)c2)cc1=O. The number of aliphatic carboxylic acids is 1. The largest absolute Gasteiger partial charge is 0.488 e. The maximum atomic E-state index is 13.5. The average Bonchev–Trinajstić information content (AvgIpc) is 2.93. The highest BCUT2D eigenvalue weighted by molar-refractivity contribution is 7.89. The van der Waals surface area contributed by atoms with Gasteiger partial charge in [-0.2, -0.15) is 4.31 Å². The molecule has 9 heteroatoms. The van der Waals surface area contributed by atoms with Gasteiger partial charge in [0.05, 0.1) is 13.0 Å². The number of rotatable bonds is 8. The summed E-state index contributed by atoms with van der Waals surface area (Å²) in [5.74, 6) is -1.20. The van der Waals surface area contributed by atoms with Crippen molar-refractivity contribution in [2.24, 2.45) is 0 Å². The molecular formula is C28H32N2O6S. The molecule has 0 radical (unpaired) electrons. The van der Waals surface area contributed by atoms with Gasteiger partial charge in [-0.05, 0) is 60.7 Å². The minimum Gasteiger partial charge on any atom is -0.488 e. The number of carboxylic acid groups (broad SMARTS) is 1. The van der Waals surface area contributed by atoms with Crippen molar-refractivity contribution in [2.75, 3.05) is 6.54 Å². The number of aromatic nitrogens is 1. The van der Waals surface area contributed by atoms with Crippen LogP contribution in [0.3, 0.4) is 0 Å². The Kier molecular flexibility index (Phi) is 7.85. The lowest BCUT2D eigenvalue weighted by atomic mass is 9.87. The molecule has 1 aliphatic rings. The highest BCUT2D eigenvalue weighted by Crippen LogP contribution is 2.33. The number of pyridine rings is 1. The smallest absolute Gasteiger partial charge is 0.304 e. The molecule has 0 bridgehead atoms. The standard InChI is InChI=1S/C28H32N2O6S/c1-4-12-29-13-11-22(15-27(29)31)24(16-28(32)33)21-10-9-19(2)23(14-21)18-30-17-20(3)36-25-7-5-6-8-26(25)37(30,34)35/h5-11,13-15,20,24H,4,12,16-18H2,1-3H3,(H,32,33)/t20-,24?/m1/s1. The first kappa shape index (κ1) is 26.6. The van der Waals surface area contributed by atoms with Crippen LogP contribution in [0, 0.1) is 6.92 Å². The van der Waals surface area contributed by atoms with E-state index in [2.05, 4.69) is 0 Å². The van der Waals surface area contributed by atoms with E-state index >= 15 is 0 Å². The lowest BCUT2D eigenvalue weighted by molar-refractivity contribution is -0.137. The molecule has 0 amide bonds. The van der Waals surface area contributed by atoms with Gasteiger partial charge in [0.25, 0.3) is 5.56 Å². The predicted octanol–water partition coefficient (Wildman–Crippen LogP) is 4.15. The summed E-state index contributed by atoms with van der Waals surface area (Å²) in [6.07, 6.45) is 1.97. The molecule has 2 heterocycles. The van der Waals surface area contributed by atoms with Crippen molar-refractivity contribution >= 4 is 16.0 Å². The fourth-order valence-electron chi connectivity index (χ4n) is 4.72. The molecule has 0 fully saturated rings. The van der Waals surface area contributed by atoms with Crippen molar-refractivity contribution < 1.29 is 23.1 Å². The van der Waals surface area contributed by atoms with Crippen molar-refractivity contribution in [1.82, 2.24) is 8.87 Å². The highest BCUT2D eigenvalue weighted by atomic mass is 32.2. The van der Waals surface area contributed by atoms with Crippen LogP contribution < -0.4 is 10.3 Å². The molecule has 1 unspecified atom stereocenters. The van der Waals surface area contributed by atoms with Gasteiger partial charge < -0.3 is 14.4 Å². The monoisotopic (exact) mass is 524 g/mol. The minimum atomic E-state index is -3.82. The zero-order valence-electron chi connectivity index (χ0n) is 21.3. The molecule has 1 N–H and O–H groups in total. The third kappa shape index (κ3) is 5.78. The summed E-state index contributed by atoms with van der Waals surface area (Å²) < 4.78 is 35.9. The summed E-state index contributed by atoms with van der Waals surface area (Å²) in [4.78, 5) is 24.5. The molecule has 37 heavy (non-hydrogen) atoms. The zero-order chi connectivity index (χ0) is 26.7. The van der Waals surface area contributed by atoms with Gasteiger partial charge in [0.1, 0.15) is 16.7 Å². The number of nitrogens with zero attached hydrogens (tertiary/aromatic N) is 2. The Morgan fingerprint density at radius 1 is 1.14 bits per heavy atom. The van der Waals surface area contributed by atoms with E-state index < -0.39 is 21.9 Å². The fraction of sp³-hybridized carbons (Fsp3) is 0.357. The second kappa shape index (κ2) is 10.9. The van der Waals surface area contributed by atoms with Crippen LogP contribution in [0.4, 0.5) is 0 Å². The normalized spacial score (nSPS) is 17.9. The van der Waals surface area contributed by atoms with E-state index in [0.29, 0.717) is 23.4 Å². The molecule has 0 spiro atoms. The van der Waals surface area contributed by atoms with E-state index in [9.17, 15) is 23.1 Å². The minimum absolute atomic E-state index is 0.113. The third-order valence-corrected chi connectivity index (χ3v) is 8.49. The van der Waals surface area contributed by atoms with Crippen molar-refractivity contribution in [3.63, 3.8) is 0 Å². The maximum Gasteiger partial charge on any atom is 0.304 e. The predicted molar refractivity (Wildman–Crippen MR) is 140 cm³/mol. The van der Waals surface area contributed by atoms with E-state index in [1.165, 1.54) is 10.4 Å². The van der Waals surface area contributed by atoms with Gasteiger partial charge in [0, 0.05) is 31.3 Å². The van der Waals surface area contributed by atoms with Crippen LogP contribution >= 0.6 is 0 Å². The topological polar surface area (TPSA) is 106 Å². The van der Waals surface area contributed by atoms with Crippen LogP contribution in [0.2, 0.25) is 0 Å². The number of fused-ring (bicyclic) bond motifs is 1. The van der Waals surface area contributed by atoms with Crippen LogP contribution in [-0.2, 0) is 27.9 Å². The van der Waals surface area contributed by atoms with E-state index in [0.717, 1.165) is 17.5 Å². The van der Waals surface area contributed by atoms with E-state index in [4.69, 9.17) is 4.74 Å². The number of hydrogen-bond acceptors (Lipinski definition) is 5. The van der Waals surface area contributed by atoms with E-state index in [1.807, 2.05) is 39.0 Å². The van der Waals surface area contributed by atoms with E-state index in [-0.39, 0.29) is 36.1 Å². The van der Waals surface area contributed by atoms with Gasteiger partial charge in [0.2, 0.25) is 10.0 Å². The molecule has 2 atom stereocenters. The molecule has 196 valence electrons. The fourth-order valence-corrected chi connectivity index (χ4v) is 6.34. The number of hydrogen-bond donors (Lipinski definition) is 1. The molecule has 2 aromatic carbocycles. The summed E-state index contributed by atoms with van der Waals surface area (Å²) in [6, 6.07) is 15.5. The van der Waals surface area contributed by atoms with Crippen LogP contribution in [0.25, 0.3) is 0 Å². The second-order valence-electron chi connectivity index (χ2n) is 9.50. The molecule has 0 saturated heterocycles. The van der Waals surface area contributed by atoms with Crippen molar-refractivity contribution in [1.29, 1.82) is 0 Å². The maximum absolute atomic E-state index is 13.5. The number of para-hydroxylation sites is 1. The molecule has 1 aliphatic heterocycles. The van der Waals surface area contributed by atoms with Crippen LogP contribution in [0.1, 0.15) is 54.9 Å². The first-order valence-corrected chi connectivity index (χ1v) is 13.8. The number of aryl methyl sites for hydroxylation is 2. The van der Waals surface area contributed by atoms with E-state index in [1.54, 1.807) is 41.1 Å². The number of carboxylic acids is 1. The molecule has 3 aromatic rings. The summed E-state index contributed by atoms with van der Waals surface area (Å²) in [6.45, 7) is 6.59. The van der Waals surface area contributed by atoms with Crippen molar-refractivity contribution in [3.8, 4) is 5.75 Å². The number of benzene rings is 2. The first-order valence-electron chi connectivity index (χ1n) is 12.4. The zero-order valence-corrected chi connectivity index (χ0v) is 22.1. The number of sulfonamides is 1. The Labute approximate surface area is 217 Å². The molecule has 0 aliphatic carbocycles. The third-order valence-electron chi connectivity index (χ3n) is 6.64. The Bertz CT molecular complexity index is 1460. The summed E-state index contributed by atoms with van der Waals surface area (Å²) in [5, 5.41) is 9.64. The van der Waals surface area contributed by atoms with Gasteiger partial charge in [0.15, 0.2) is 0 Å². The second-order valence-corrected chi connectivity index (χ2v) is 11.4. The quantitative estimate of drug-likeness (QED) is 0.475. The molecule has 0 saturated carbocycles. The molecule has 4 rings (SSSR count). The van der Waals surface area contributed by atoms with Crippen molar-refractivity contribution in [2.45, 2.75) is 63.6 Å². The Morgan fingerprint density at radius 3 is 2.57 bits per heavy atom. The van der Waals surface area contributed by atoms with Crippen LogP contribution in [-0.4, -0.2) is 41.0 Å². The lowest BCUT2D eigenvalue weighted by Crippen LogP contribution is -2.35. The lowest BCUT2D eigenvalue weighted by Gasteiger charge is -2.24. The Morgan fingerprint density at radius 2 is 1.86 bits per heavy atom. The summed E-state index contributed by atoms with van der Waals surface area (Å²) in [5.41, 5.74) is 2.81. The van der Waals surface area contributed by atoms with Gasteiger partial charge in [-0.3, -0.25) is 9.59 Å². The van der Waals surface area contributed by atoms with Gasteiger partial charge in [-0.15, -0.1) is 0 Å². The van der Waals surface area contributed by atoms with Crippen LogP contribution in [0.15, 0.2) is 70.5 Å². The molecule has 8 nitrogen and oxygen atoms in total. The van der Waals surface area contributed by atoms with Gasteiger partial charge in [-0.1, -0.05) is 37.3 Å². The highest BCUT2D eigenvalue weighted by Gasteiger charge is 2.33. The first-order chi connectivity index (χ1) is 17.6. The summed E-state index contributed by atoms with van der Waals surface area (Å²) >= 11 is 0. The number of ether oxygens (including phenoxy) is 1. The van der Waals surface area contributed by atoms with Gasteiger partial charge >= 0.3 is 5.97 Å². The summed E-state index contributed by atoms with van der Waals surface area (Å²) in [7, 11) is -3.82. The Balaban J connectivity index is 1.72. The molecular weight excluding hydrogens is 492 g/mol. The van der Waals surface area contributed by atoms with Gasteiger partial charge in [-0.25, -0.2) is 8.42 Å². The molecule has 1 aromatic heterocycles. The average molecular weight is 525 g/mol.